The van der Waals surface area contributed by atoms with E-state index in [4.69, 9.17) is 14.7 Å². The van der Waals surface area contributed by atoms with E-state index in [-0.39, 0.29) is 11.6 Å². The standard InChI is InChI=1S/C22H26N8O5S/c1-34-16-3-2-15(28-8-10-35-11-9-28)18-17(16)25-21(36-18)26-22(32)30-6-4-29(5-7-30)20-23-12-14(13-24-20)19(31)27-33/h2-3,12-13,33H,4-11H2,1H3,(H,27,31)(H,25,26,32). The number of ether oxygens (including phenoxy) is 2. The van der Waals surface area contributed by atoms with Gasteiger partial charge in [0, 0.05) is 51.7 Å². The maximum atomic E-state index is 13.0. The number of methoxy groups -OCH3 is 1. The summed E-state index contributed by atoms with van der Waals surface area (Å²) >= 11 is 1.43. The van der Waals surface area contributed by atoms with Crippen LogP contribution in [0, 0.1) is 0 Å². The third-order valence-electron chi connectivity index (χ3n) is 6.12. The number of urea groups is 1. The first-order valence-corrected chi connectivity index (χ1v) is 12.3. The van der Waals surface area contributed by atoms with Gasteiger partial charge in [-0.3, -0.25) is 15.3 Å². The molecule has 190 valence electrons. The third kappa shape index (κ3) is 4.82. The number of benzene rings is 1. The van der Waals surface area contributed by atoms with Crippen molar-refractivity contribution in [1.29, 1.82) is 0 Å². The van der Waals surface area contributed by atoms with E-state index in [1.807, 2.05) is 17.0 Å². The van der Waals surface area contributed by atoms with Gasteiger partial charge in [0.05, 0.1) is 36.3 Å². The minimum Gasteiger partial charge on any atom is -0.494 e. The zero-order chi connectivity index (χ0) is 25.1. The van der Waals surface area contributed by atoms with Crippen LogP contribution in [-0.2, 0) is 4.74 Å². The summed E-state index contributed by atoms with van der Waals surface area (Å²) in [5.74, 6) is 0.445. The normalized spacial score (nSPS) is 16.2. The number of amides is 3. The summed E-state index contributed by atoms with van der Waals surface area (Å²) in [6.07, 6.45) is 2.69. The largest absolute Gasteiger partial charge is 0.494 e. The van der Waals surface area contributed by atoms with Crippen LogP contribution >= 0.6 is 11.3 Å². The number of aromatic nitrogens is 3. The highest BCUT2D eigenvalue weighted by atomic mass is 32.1. The lowest BCUT2D eigenvalue weighted by molar-refractivity contribution is 0.0705. The summed E-state index contributed by atoms with van der Waals surface area (Å²) in [6.45, 7) is 4.97. The van der Waals surface area contributed by atoms with Crippen LogP contribution in [0.15, 0.2) is 24.5 Å². The van der Waals surface area contributed by atoms with Gasteiger partial charge in [0.15, 0.2) is 5.13 Å². The fourth-order valence-corrected chi connectivity index (χ4v) is 5.20. The van der Waals surface area contributed by atoms with Crippen molar-refractivity contribution in [3.05, 3.63) is 30.1 Å². The predicted octanol–water partition coefficient (Wildman–Crippen LogP) is 1.40. The van der Waals surface area contributed by atoms with Gasteiger partial charge in [0.2, 0.25) is 5.95 Å². The fraction of sp³-hybridized carbons (Fsp3) is 0.409. The van der Waals surface area contributed by atoms with Crippen LogP contribution < -0.4 is 25.3 Å². The van der Waals surface area contributed by atoms with Crippen LogP contribution in [0.2, 0.25) is 0 Å². The molecule has 14 heteroatoms. The number of hydrogen-bond acceptors (Lipinski definition) is 11. The summed E-state index contributed by atoms with van der Waals surface area (Å²) < 4.78 is 12.0. The molecule has 3 amide bonds. The zero-order valence-corrected chi connectivity index (χ0v) is 20.5. The molecule has 1 aromatic carbocycles. The van der Waals surface area contributed by atoms with E-state index in [2.05, 4.69) is 25.2 Å². The van der Waals surface area contributed by atoms with E-state index < -0.39 is 5.91 Å². The Hall–Kier alpha value is -3.75. The lowest BCUT2D eigenvalue weighted by atomic mass is 10.2. The van der Waals surface area contributed by atoms with Crippen LogP contribution in [-0.4, -0.2) is 96.6 Å². The number of nitrogens with one attached hydrogen (secondary N) is 2. The molecule has 5 rings (SSSR count). The highest BCUT2D eigenvalue weighted by Gasteiger charge is 2.25. The minimum atomic E-state index is -0.674. The van der Waals surface area contributed by atoms with E-state index in [0.717, 1.165) is 29.0 Å². The van der Waals surface area contributed by atoms with Crippen LogP contribution in [0.5, 0.6) is 5.75 Å². The van der Waals surface area contributed by atoms with E-state index >= 15 is 0 Å². The number of thiazole rings is 1. The highest BCUT2D eigenvalue weighted by molar-refractivity contribution is 7.23. The first kappa shape index (κ1) is 24.0. The number of carbonyl (C=O) groups excluding carboxylic acids is 2. The SMILES string of the molecule is COc1ccc(N2CCOCC2)c2sc(NC(=O)N3CCN(c4ncc(C(=O)NO)cn4)CC3)nc12. The van der Waals surface area contributed by atoms with Crippen molar-refractivity contribution in [2.45, 2.75) is 0 Å². The van der Waals surface area contributed by atoms with Crippen LogP contribution in [0.1, 0.15) is 10.4 Å². The summed E-state index contributed by atoms with van der Waals surface area (Å²) in [7, 11) is 1.61. The maximum Gasteiger partial charge on any atom is 0.323 e. The number of morpholine rings is 1. The molecule has 4 heterocycles. The second-order valence-electron chi connectivity index (χ2n) is 8.20. The summed E-state index contributed by atoms with van der Waals surface area (Å²) in [6, 6.07) is 3.71. The number of anilines is 3. The molecule has 2 aliphatic rings. The molecule has 2 aromatic heterocycles. The van der Waals surface area contributed by atoms with E-state index in [0.29, 0.717) is 56.2 Å². The van der Waals surface area contributed by atoms with Crippen molar-refractivity contribution < 1.29 is 24.3 Å². The van der Waals surface area contributed by atoms with Crippen molar-refractivity contribution in [3.8, 4) is 5.75 Å². The number of carbonyl (C=O) groups is 2. The molecular formula is C22H26N8O5S. The molecule has 0 saturated carbocycles. The van der Waals surface area contributed by atoms with Gasteiger partial charge in [-0.2, -0.15) is 0 Å². The molecule has 0 spiro atoms. The van der Waals surface area contributed by atoms with Crippen LogP contribution in [0.4, 0.5) is 21.6 Å². The molecule has 13 nitrogen and oxygen atoms in total. The molecule has 0 bridgehead atoms. The molecular weight excluding hydrogens is 488 g/mol. The number of fused-ring (bicyclic) bond motifs is 1. The molecule has 3 N–H and O–H groups in total. The Balaban J connectivity index is 1.25. The number of piperazine rings is 1. The van der Waals surface area contributed by atoms with Gasteiger partial charge in [-0.1, -0.05) is 11.3 Å². The molecule has 36 heavy (non-hydrogen) atoms. The van der Waals surface area contributed by atoms with Crippen molar-refractivity contribution in [1.82, 2.24) is 25.3 Å². The molecule has 0 aliphatic carbocycles. The van der Waals surface area contributed by atoms with E-state index in [1.165, 1.54) is 23.7 Å². The molecule has 2 fully saturated rings. The summed E-state index contributed by atoms with van der Waals surface area (Å²) in [5, 5.41) is 12.2. The monoisotopic (exact) mass is 514 g/mol. The first-order chi connectivity index (χ1) is 17.6. The number of hydroxylamine groups is 1. The molecule has 2 aliphatic heterocycles. The average Bonchev–Trinajstić information content (AvgIpc) is 3.36. The predicted molar refractivity (Wildman–Crippen MR) is 133 cm³/mol. The Bertz CT molecular complexity index is 1240. The van der Waals surface area contributed by atoms with Gasteiger partial charge in [0.1, 0.15) is 11.3 Å². The van der Waals surface area contributed by atoms with Crippen LogP contribution in [0.25, 0.3) is 10.2 Å². The van der Waals surface area contributed by atoms with Gasteiger partial charge < -0.3 is 24.2 Å². The maximum absolute atomic E-state index is 13.0. The van der Waals surface area contributed by atoms with Gasteiger partial charge in [-0.05, 0) is 12.1 Å². The highest BCUT2D eigenvalue weighted by Crippen LogP contribution is 2.39. The molecule has 2 saturated heterocycles. The summed E-state index contributed by atoms with van der Waals surface area (Å²) in [4.78, 5) is 43.4. The Kier molecular flexibility index (Phi) is 6.97. The van der Waals surface area contributed by atoms with Crippen molar-refractivity contribution in [2.75, 3.05) is 74.7 Å². The molecule has 3 aromatic rings. The van der Waals surface area contributed by atoms with Gasteiger partial charge >= 0.3 is 6.03 Å². The quantitative estimate of drug-likeness (QED) is 0.337. The van der Waals surface area contributed by atoms with Crippen LogP contribution in [0.3, 0.4) is 0 Å². The number of rotatable bonds is 5. The fourth-order valence-electron chi connectivity index (χ4n) is 4.19. The molecule has 0 atom stereocenters. The van der Waals surface area contributed by atoms with Crippen molar-refractivity contribution in [2.24, 2.45) is 0 Å². The van der Waals surface area contributed by atoms with Crippen molar-refractivity contribution in [3.63, 3.8) is 0 Å². The smallest absolute Gasteiger partial charge is 0.323 e. The Morgan fingerprint density at radius 3 is 2.44 bits per heavy atom. The number of hydrogen-bond donors (Lipinski definition) is 3. The topological polar surface area (TPSA) is 145 Å². The number of nitrogens with zero attached hydrogens (tertiary/aromatic N) is 6. The Morgan fingerprint density at radius 1 is 1.06 bits per heavy atom. The van der Waals surface area contributed by atoms with E-state index in [9.17, 15) is 9.59 Å². The Labute approximate surface area is 210 Å². The lowest BCUT2D eigenvalue weighted by Crippen LogP contribution is -2.50. The first-order valence-electron chi connectivity index (χ1n) is 11.4. The average molecular weight is 515 g/mol. The molecule has 0 radical (unpaired) electrons. The van der Waals surface area contributed by atoms with Crippen molar-refractivity contribution >= 4 is 50.3 Å². The lowest BCUT2D eigenvalue weighted by Gasteiger charge is -2.34. The van der Waals surface area contributed by atoms with Gasteiger partial charge in [0.25, 0.3) is 5.91 Å². The van der Waals surface area contributed by atoms with Gasteiger partial charge in [-0.15, -0.1) is 0 Å². The Morgan fingerprint density at radius 2 is 1.78 bits per heavy atom. The van der Waals surface area contributed by atoms with Gasteiger partial charge in [-0.25, -0.2) is 25.2 Å². The second-order valence-corrected chi connectivity index (χ2v) is 9.20. The van der Waals surface area contributed by atoms with E-state index in [1.54, 1.807) is 17.5 Å². The second kappa shape index (κ2) is 10.5. The zero-order valence-electron chi connectivity index (χ0n) is 19.6. The molecule has 0 unspecified atom stereocenters. The third-order valence-corrected chi connectivity index (χ3v) is 7.12. The summed E-state index contributed by atoms with van der Waals surface area (Å²) in [5.41, 5.74) is 3.49. The minimum absolute atomic E-state index is 0.156.